The maximum absolute atomic E-state index is 12.4. The number of carbonyl (C=O) groups excluding carboxylic acids is 2. The van der Waals surface area contributed by atoms with E-state index in [-0.39, 0.29) is 30.2 Å². The Labute approximate surface area is 128 Å². The molecule has 0 radical (unpaired) electrons. The molecule has 1 fully saturated rings. The van der Waals surface area contributed by atoms with Crippen LogP contribution in [0.25, 0.3) is 0 Å². The highest BCUT2D eigenvalue weighted by Gasteiger charge is 2.28. The maximum atomic E-state index is 12.4. The zero-order chi connectivity index (χ0) is 15.6. The van der Waals surface area contributed by atoms with Gasteiger partial charge in [-0.15, -0.1) is 0 Å². The van der Waals surface area contributed by atoms with Crippen molar-refractivity contribution >= 4 is 33.7 Å². The highest BCUT2D eigenvalue weighted by atomic mass is 79.9. The Morgan fingerprint density at radius 3 is 2.57 bits per heavy atom. The van der Waals surface area contributed by atoms with Crippen LogP contribution in [-0.4, -0.2) is 53.6 Å². The van der Waals surface area contributed by atoms with Gasteiger partial charge < -0.3 is 20.5 Å². The van der Waals surface area contributed by atoms with E-state index in [1.54, 1.807) is 0 Å². The number of carboxylic acids is 1. The summed E-state index contributed by atoms with van der Waals surface area (Å²) in [4.78, 5) is 36.0. The summed E-state index contributed by atoms with van der Waals surface area (Å²) < 4.78 is 5.66. The molecule has 1 unspecified atom stereocenters. The number of rotatable bonds is 3. The Morgan fingerprint density at radius 1 is 1.29 bits per heavy atom. The van der Waals surface area contributed by atoms with Crippen molar-refractivity contribution in [3.05, 3.63) is 33.8 Å². The lowest BCUT2D eigenvalue weighted by molar-refractivity contribution is -0.133. The van der Waals surface area contributed by atoms with Crippen LogP contribution in [-0.2, 0) is 9.53 Å². The van der Waals surface area contributed by atoms with Crippen LogP contribution < -0.4 is 5.73 Å². The number of amides is 2. The van der Waals surface area contributed by atoms with Crippen LogP contribution in [0, 0.1) is 0 Å². The van der Waals surface area contributed by atoms with Crippen LogP contribution in [0.2, 0.25) is 0 Å². The van der Waals surface area contributed by atoms with Crippen LogP contribution in [0.15, 0.2) is 22.7 Å². The first kappa shape index (κ1) is 15.5. The second kappa shape index (κ2) is 6.23. The number of morpholine rings is 1. The minimum Gasteiger partial charge on any atom is -0.478 e. The number of primary amides is 1. The molecule has 8 heteroatoms. The number of hydrogen-bond donors (Lipinski definition) is 2. The van der Waals surface area contributed by atoms with E-state index in [2.05, 4.69) is 15.9 Å². The van der Waals surface area contributed by atoms with Crippen molar-refractivity contribution in [2.75, 3.05) is 19.7 Å². The molecule has 2 rings (SSSR count). The van der Waals surface area contributed by atoms with Gasteiger partial charge in [-0.25, -0.2) is 4.79 Å². The van der Waals surface area contributed by atoms with Gasteiger partial charge in [0.2, 0.25) is 5.91 Å². The molecule has 1 aromatic rings. The molecule has 0 aromatic heterocycles. The number of hydrogen-bond acceptors (Lipinski definition) is 4. The molecule has 21 heavy (non-hydrogen) atoms. The molecule has 1 aromatic carbocycles. The normalized spacial score (nSPS) is 18.3. The van der Waals surface area contributed by atoms with E-state index in [0.29, 0.717) is 11.0 Å². The van der Waals surface area contributed by atoms with Crippen molar-refractivity contribution in [2.24, 2.45) is 5.73 Å². The summed E-state index contributed by atoms with van der Waals surface area (Å²) in [7, 11) is 0. The van der Waals surface area contributed by atoms with Gasteiger partial charge in [-0.05, 0) is 18.2 Å². The van der Waals surface area contributed by atoms with Gasteiger partial charge in [0.05, 0.1) is 18.7 Å². The summed E-state index contributed by atoms with van der Waals surface area (Å²) >= 11 is 3.18. The summed E-state index contributed by atoms with van der Waals surface area (Å²) in [5, 5.41) is 9.01. The van der Waals surface area contributed by atoms with Crippen molar-refractivity contribution in [2.45, 2.75) is 6.10 Å². The van der Waals surface area contributed by atoms with E-state index in [1.807, 2.05) is 0 Å². The van der Waals surface area contributed by atoms with Crippen LogP contribution >= 0.6 is 15.9 Å². The quantitative estimate of drug-likeness (QED) is 0.817. The van der Waals surface area contributed by atoms with Crippen molar-refractivity contribution in [1.82, 2.24) is 4.90 Å². The number of nitrogens with zero attached hydrogens (tertiary/aromatic N) is 1. The first-order valence-electron chi connectivity index (χ1n) is 6.12. The largest absolute Gasteiger partial charge is 0.478 e. The zero-order valence-corrected chi connectivity index (χ0v) is 12.5. The highest BCUT2D eigenvalue weighted by Crippen LogP contribution is 2.18. The van der Waals surface area contributed by atoms with Gasteiger partial charge in [-0.3, -0.25) is 9.59 Å². The summed E-state index contributed by atoms with van der Waals surface area (Å²) in [6, 6.07) is 4.23. The summed E-state index contributed by atoms with van der Waals surface area (Å²) in [5.74, 6) is -2.12. The zero-order valence-electron chi connectivity index (χ0n) is 10.9. The maximum Gasteiger partial charge on any atom is 0.335 e. The van der Waals surface area contributed by atoms with E-state index >= 15 is 0 Å². The molecule has 1 heterocycles. The van der Waals surface area contributed by atoms with Crippen LogP contribution in [0.5, 0.6) is 0 Å². The molecule has 2 amide bonds. The van der Waals surface area contributed by atoms with Gasteiger partial charge >= 0.3 is 5.97 Å². The average molecular weight is 357 g/mol. The fourth-order valence-corrected chi connectivity index (χ4v) is 2.52. The van der Waals surface area contributed by atoms with Crippen molar-refractivity contribution in [1.29, 1.82) is 0 Å². The van der Waals surface area contributed by atoms with Crippen LogP contribution in [0.3, 0.4) is 0 Å². The molecule has 1 atom stereocenters. The smallest absolute Gasteiger partial charge is 0.335 e. The third-order valence-corrected chi connectivity index (χ3v) is 3.52. The van der Waals surface area contributed by atoms with E-state index in [1.165, 1.54) is 23.1 Å². The van der Waals surface area contributed by atoms with Gasteiger partial charge in [0.25, 0.3) is 5.91 Å². The van der Waals surface area contributed by atoms with Gasteiger partial charge in [0.1, 0.15) is 0 Å². The predicted octanol–water partition coefficient (Wildman–Crippen LogP) is 0.474. The lowest BCUT2D eigenvalue weighted by atomic mass is 10.1. The molecule has 7 nitrogen and oxygen atoms in total. The second-order valence-corrected chi connectivity index (χ2v) is 5.46. The Morgan fingerprint density at radius 2 is 1.95 bits per heavy atom. The Kier molecular flexibility index (Phi) is 4.59. The number of benzene rings is 1. The van der Waals surface area contributed by atoms with E-state index in [0.717, 1.165) is 0 Å². The predicted molar refractivity (Wildman–Crippen MR) is 75.9 cm³/mol. The molecule has 112 valence electrons. The van der Waals surface area contributed by atoms with Crippen LogP contribution in [0.4, 0.5) is 0 Å². The Hall–Kier alpha value is -1.93. The van der Waals surface area contributed by atoms with Crippen molar-refractivity contribution < 1.29 is 24.2 Å². The molecular weight excluding hydrogens is 344 g/mol. The van der Waals surface area contributed by atoms with Gasteiger partial charge in [-0.1, -0.05) is 15.9 Å². The monoisotopic (exact) mass is 356 g/mol. The molecule has 0 bridgehead atoms. The van der Waals surface area contributed by atoms with Crippen molar-refractivity contribution in [3.63, 3.8) is 0 Å². The van der Waals surface area contributed by atoms with E-state index in [9.17, 15) is 14.4 Å². The molecule has 0 aliphatic carbocycles. The van der Waals surface area contributed by atoms with Gasteiger partial charge in [-0.2, -0.15) is 0 Å². The third-order valence-electron chi connectivity index (χ3n) is 3.06. The molecule has 0 saturated carbocycles. The molecule has 1 aliphatic rings. The second-order valence-electron chi connectivity index (χ2n) is 4.55. The molecule has 1 aliphatic heterocycles. The minimum absolute atomic E-state index is 0.00688. The third kappa shape index (κ3) is 3.59. The van der Waals surface area contributed by atoms with E-state index < -0.39 is 18.0 Å². The number of carboxylic acid groups (broad SMARTS) is 1. The summed E-state index contributed by atoms with van der Waals surface area (Å²) in [5.41, 5.74) is 5.40. The Bertz CT molecular complexity index is 604. The van der Waals surface area contributed by atoms with Gasteiger partial charge in [0.15, 0.2) is 6.10 Å². The fourth-order valence-electron chi connectivity index (χ4n) is 2.03. The van der Waals surface area contributed by atoms with Gasteiger partial charge in [0, 0.05) is 16.6 Å². The van der Waals surface area contributed by atoms with Crippen LogP contribution in [0.1, 0.15) is 20.7 Å². The topological polar surface area (TPSA) is 110 Å². The fraction of sp³-hybridized carbons (Fsp3) is 0.308. The van der Waals surface area contributed by atoms with Crippen molar-refractivity contribution in [3.8, 4) is 0 Å². The number of carbonyl (C=O) groups is 3. The lowest BCUT2D eigenvalue weighted by Crippen LogP contribution is -2.50. The highest BCUT2D eigenvalue weighted by molar-refractivity contribution is 9.10. The molecule has 3 N–H and O–H groups in total. The van der Waals surface area contributed by atoms with E-state index in [4.69, 9.17) is 15.6 Å². The first-order valence-corrected chi connectivity index (χ1v) is 6.92. The molecule has 0 spiro atoms. The molecule has 1 saturated heterocycles. The number of aromatic carboxylic acids is 1. The summed E-state index contributed by atoms with van der Waals surface area (Å²) in [6.07, 6.45) is -0.839. The average Bonchev–Trinajstić information content (AvgIpc) is 2.45. The number of nitrogens with two attached hydrogens (primary N) is 1. The number of halogens is 1. The minimum atomic E-state index is -1.12. The standard InChI is InChI=1S/C13H13BrN2O5/c14-9-4-7(3-8(5-9)13(19)20)12(18)16-1-2-21-10(6-16)11(15)17/h3-5,10H,1-2,6H2,(H2,15,17)(H,19,20). The number of ether oxygens (including phenoxy) is 1. The summed E-state index contributed by atoms with van der Waals surface area (Å²) in [6.45, 7) is 0.583. The SMILES string of the molecule is NC(=O)C1CN(C(=O)c2cc(Br)cc(C(=O)O)c2)CCO1. The molecular formula is C13H13BrN2O5. The Balaban J connectivity index is 2.23. The first-order chi connectivity index (χ1) is 9.88. The lowest BCUT2D eigenvalue weighted by Gasteiger charge is -2.31.